The molecule has 0 bridgehead atoms. The van der Waals surface area contributed by atoms with E-state index in [1.807, 2.05) is 13.0 Å². The van der Waals surface area contributed by atoms with Gasteiger partial charge in [0.25, 0.3) is 0 Å². The Kier molecular flexibility index (Phi) is 2.17. The minimum Gasteiger partial charge on any atom is -0.443 e. The van der Waals surface area contributed by atoms with E-state index in [0.717, 1.165) is 5.56 Å². The number of nitriles is 2. The first-order valence-electron chi connectivity index (χ1n) is 5.46. The summed E-state index contributed by atoms with van der Waals surface area (Å²) in [4.78, 5) is 11.9. The maximum Gasteiger partial charge on any atom is 0.348 e. The van der Waals surface area contributed by atoms with Crippen molar-refractivity contribution in [1.82, 2.24) is 0 Å². The van der Waals surface area contributed by atoms with Crippen LogP contribution in [0.5, 0.6) is 0 Å². The van der Waals surface area contributed by atoms with Crippen LogP contribution < -0.4 is 5.63 Å². The first-order chi connectivity index (χ1) is 9.15. The van der Waals surface area contributed by atoms with Gasteiger partial charge in [0.05, 0.1) is 5.39 Å². The average molecular weight is 250 g/mol. The molecule has 0 aliphatic heterocycles. The number of hydrogen-bond donors (Lipinski definition) is 0. The molecule has 0 aliphatic rings. The van der Waals surface area contributed by atoms with Crippen molar-refractivity contribution < 1.29 is 8.83 Å². The van der Waals surface area contributed by atoms with Crippen LogP contribution in [0.1, 0.15) is 16.9 Å². The van der Waals surface area contributed by atoms with Gasteiger partial charge in [-0.25, -0.2) is 4.79 Å². The number of nitrogens with zero attached hydrogens (tertiary/aromatic N) is 2. The zero-order valence-corrected chi connectivity index (χ0v) is 9.85. The van der Waals surface area contributed by atoms with E-state index in [-0.39, 0.29) is 22.3 Å². The van der Waals surface area contributed by atoms with Gasteiger partial charge in [-0.3, -0.25) is 0 Å². The molecule has 5 nitrogen and oxygen atoms in total. The lowest BCUT2D eigenvalue weighted by atomic mass is 10.1. The van der Waals surface area contributed by atoms with Crippen molar-refractivity contribution in [3.05, 3.63) is 45.5 Å². The Morgan fingerprint density at radius 2 is 1.95 bits per heavy atom. The summed E-state index contributed by atoms with van der Waals surface area (Å²) in [6.07, 6.45) is 0. The third-order valence-electron chi connectivity index (χ3n) is 2.91. The second kappa shape index (κ2) is 3.72. The Bertz CT molecular complexity index is 965. The van der Waals surface area contributed by atoms with Crippen LogP contribution in [0, 0.1) is 29.6 Å². The van der Waals surface area contributed by atoms with Gasteiger partial charge >= 0.3 is 5.63 Å². The highest BCUT2D eigenvalue weighted by Crippen LogP contribution is 2.29. The summed E-state index contributed by atoms with van der Waals surface area (Å²) in [6.45, 7) is 1.88. The highest BCUT2D eigenvalue weighted by atomic mass is 16.4. The molecule has 0 unspecified atom stereocenters. The van der Waals surface area contributed by atoms with Crippen LogP contribution in [0.15, 0.2) is 31.8 Å². The molecule has 5 heteroatoms. The normalized spacial score (nSPS) is 10.5. The molecule has 90 valence electrons. The minimum atomic E-state index is -0.673. The van der Waals surface area contributed by atoms with E-state index in [9.17, 15) is 4.79 Å². The SMILES string of the molecule is Cc1ccc2oc(=O)c3c(C#N)c(C#N)oc3c2c1. The largest absolute Gasteiger partial charge is 0.443 e. The first kappa shape index (κ1) is 11.1. The van der Waals surface area contributed by atoms with E-state index in [0.29, 0.717) is 11.0 Å². The maximum atomic E-state index is 11.9. The van der Waals surface area contributed by atoms with Crippen molar-refractivity contribution in [1.29, 1.82) is 10.5 Å². The van der Waals surface area contributed by atoms with Gasteiger partial charge in [-0.15, -0.1) is 0 Å². The Labute approximate surface area is 106 Å². The quantitative estimate of drug-likeness (QED) is 0.572. The van der Waals surface area contributed by atoms with Crippen molar-refractivity contribution in [3.63, 3.8) is 0 Å². The zero-order chi connectivity index (χ0) is 13.6. The lowest BCUT2D eigenvalue weighted by Crippen LogP contribution is -1.99. The van der Waals surface area contributed by atoms with Crippen LogP contribution in [0.3, 0.4) is 0 Å². The lowest BCUT2D eigenvalue weighted by molar-refractivity contribution is 0.563. The summed E-state index contributed by atoms with van der Waals surface area (Å²) < 4.78 is 10.5. The molecule has 2 aromatic heterocycles. The average Bonchev–Trinajstić information content (AvgIpc) is 2.79. The van der Waals surface area contributed by atoms with Crippen molar-refractivity contribution in [2.24, 2.45) is 0 Å². The molecule has 0 saturated heterocycles. The van der Waals surface area contributed by atoms with E-state index >= 15 is 0 Å². The molecule has 0 amide bonds. The number of fused-ring (bicyclic) bond motifs is 3. The van der Waals surface area contributed by atoms with Gasteiger partial charge in [0.15, 0.2) is 5.58 Å². The summed E-state index contributed by atoms with van der Waals surface area (Å²) in [5.41, 5.74) is 0.799. The fraction of sp³-hybridized carbons (Fsp3) is 0.0714. The Morgan fingerprint density at radius 1 is 1.16 bits per heavy atom. The monoisotopic (exact) mass is 250 g/mol. The van der Waals surface area contributed by atoms with Crippen LogP contribution in [0.2, 0.25) is 0 Å². The van der Waals surface area contributed by atoms with Crippen LogP contribution >= 0.6 is 0 Å². The summed E-state index contributed by atoms with van der Waals surface area (Å²) >= 11 is 0. The smallest absolute Gasteiger partial charge is 0.348 e. The second-order valence-electron chi connectivity index (χ2n) is 4.12. The van der Waals surface area contributed by atoms with Gasteiger partial charge < -0.3 is 8.83 Å². The highest BCUT2D eigenvalue weighted by molar-refractivity contribution is 6.03. The molecule has 19 heavy (non-hydrogen) atoms. The van der Waals surface area contributed by atoms with E-state index in [4.69, 9.17) is 19.4 Å². The van der Waals surface area contributed by atoms with Crippen molar-refractivity contribution >= 4 is 21.9 Å². The predicted octanol–water partition coefficient (Wildman–Crippen LogP) is 2.59. The molecule has 0 spiro atoms. The van der Waals surface area contributed by atoms with Crippen molar-refractivity contribution in [2.45, 2.75) is 6.92 Å². The Balaban J connectivity index is 2.67. The molecule has 0 N–H and O–H groups in total. The molecular formula is C14H6N2O3. The Hall–Kier alpha value is -3.05. The minimum absolute atomic E-state index is 0.0251. The molecule has 0 aliphatic carbocycles. The van der Waals surface area contributed by atoms with Gasteiger partial charge in [0, 0.05) is 0 Å². The maximum absolute atomic E-state index is 11.9. The molecule has 0 fully saturated rings. The summed E-state index contributed by atoms with van der Waals surface area (Å²) in [5.74, 6) is -0.168. The molecule has 2 heterocycles. The molecule has 1 aromatic carbocycles. The fourth-order valence-electron chi connectivity index (χ4n) is 2.06. The zero-order valence-electron chi connectivity index (χ0n) is 9.85. The predicted molar refractivity (Wildman–Crippen MR) is 66.4 cm³/mol. The van der Waals surface area contributed by atoms with Crippen molar-refractivity contribution in [3.8, 4) is 12.1 Å². The molecule has 0 saturated carbocycles. The van der Waals surface area contributed by atoms with Gasteiger partial charge in [-0.05, 0) is 19.1 Å². The Morgan fingerprint density at radius 3 is 2.63 bits per heavy atom. The van der Waals surface area contributed by atoms with Crippen molar-refractivity contribution in [2.75, 3.05) is 0 Å². The van der Waals surface area contributed by atoms with Crippen LogP contribution in [0.25, 0.3) is 21.9 Å². The molecule has 0 atom stereocenters. The van der Waals surface area contributed by atoms with E-state index in [1.54, 1.807) is 24.3 Å². The number of benzene rings is 1. The lowest BCUT2D eigenvalue weighted by Gasteiger charge is -1.98. The van der Waals surface area contributed by atoms with Crippen LogP contribution in [0.4, 0.5) is 0 Å². The molecule has 3 aromatic rings. The number of rotatable bonds is 0. The van der Waals surface area contributed by atoms with Crippen LogP contribution in [-0.4, -0.2) is 0 Å². The summed E-state index contributed by atoms with van der Waals surface area (Å²) in [7, 11) is 0. The van der Waals surface area contributed by atoms with E-state index < -0.39 is 5.63 Å². The third kappa shape index (κ3) is 1.42. The number of aryl methyl sites for hydroxylation is 1. The highest BCUT2D eigenvalue weighted by Gasteiger charge is 2.20. The molecule has 0 radical (unpaired) electrons. The number of furan rings is 1. The number of hydrogen-bond acceptors (Lipinski definition) is 5. The summed E-state index contributed by atoms with van der Waals surface area (Å²) in [5, 5.41) is 18.6. The molecular weight excluding hydrogens is 244 g/mol. The van der Waals surface area contributed by atoms with Gasteiger partial charge in [-0.2, -0.15) is 10.5 Å². The standard InChI is InChI=1S/C14H6N2O3/c1-7-2-3-10-8(4-7)13-12(14(17)19-10)9(5-15)11(6-16)18-13/h2-4H,1H3. The van der Waals surface area contributed by atoms with Gasteiger partial charge in [0.1, 0.15) is 28.7 Å². The second-order valence-corrected chi connectivity index (χ2v) is 4.12. The van der Waals surface area contributed by atoms with E-state index in [1.165, 1.54) is 0 Å². The fourth-order valence-corrected chi connectivity index (χ4v) is 2.06. The summed E-state index contributed by atoms with van der Waals surface area (Å²) in [6, 6.07) is 8.83. The van der Waals surface area contributed by atoms with Crippen LogP contribution in [-0.2, 0) is 0 Å². The van der Waals surface area contributed by atoms with Gasteiger partial charge in [0.2, 0.25) is 5.76 Å². The molecule has 3 rings (SSSR count). The van der Waals surface area contributed by atoms with Gasteiger partial charge in [-0.1, -0.05) is 11.6 Å². The third-order valence-corrected chi connectivity index (χ3v) is 2.91. The first-order valence-corrected chi connectivity index (χ1v) is 5.46. The topological polar surface area (TPSA) is 90.9 Å². The van der Waals surface area contributed by atoms with E-state index in [2.05, 4.69) is 0 Å².